The molecule has 0 aliphatic rings. The van der Waals surface area contributed by atoms with Gasteiger partial charge in [0.2, 0.25) is 5.91 Å². The van der Waals surface area contributed by atoms with Gasteiger partial charge in [-0.25, -0.2) is 8.42 Å². The molecule has 0 bridgehead atoms. The van der Waals surface area contributed by atoms with Gasteiger partial charge in [0, 0.05) is 12.8 Å². The van der Waals surface area contributed by atoms with Crippen LogP contribution in [0.4, 0.5) is 0 Å². The minimum atomic E-state index is -3.37. The Morgan fingerprint density at radius 3 is 2.00 bits per heavy atom. The second-order valence-corrected chi connectivity index (χ2v) is 7.24. The van der Waals surface area contributed by atoms with Gasteiger partial charge in [-0.1, -0.05) is 26.7 Å². The molecule has 1 amide bonds. The molecule has 0 heterocycles. The Morgan fingerprint density at radius 1 is 1.25 bits per heavy atom. The third kappa shape index (κ3) is 3.77. The SMILES string of the molecule is CCC(CC)CNC(=O)C(C)(C)S(C)(=O)=O. The van der Waals surface area contributed by atoms with Crippen molar-refractivity contribution in [2.75, 3.05) is 12.8 Å². The molecule has 0 spiro atoms. The molecule has 0 atom stereocenters. The molecule has 0 aromatic rings. The first-order valence-electron chi connectivity index (χ1n) is 5.64. The highest BCUT2D eigenvalue weighted by molar-refractivity contribution is 7.92. The van der Waals surface area contributed by atoms with E-state index in [2.05, 4.69) is 19.2 Å². The predicted molar refractivity (Wildman–Crippen MR) is 66.0 cm³/mol. The number of hydrogen-bond acceptors (Lipinski definition) is 3. The summed E-state index contributed by atoms with van der Waals surface area (Å²) in [7, 11) is -3.37. The topological polar surface area (TPSA) is 63.2 Å². The molecule has 0 unspecified atom stereocenters. The van der Waals surface area contributed by atoms with Crippen LogP contribution in [0.5, 0.6) is 0 Å². The summed E-state index contributed by atoms with van der Waals surface area (Å²) in [5, 5.41) is 2.71. The van der Waals surface area contributed by atoms with Crippen molar-refractivity contribution in [1.29, 1.82) is 0 Å². The quantitative estimate of drug-likeness (QED) is 0.773. The van der Waals surface area contributed by atoms with Crippen LogP contribution in [0.15, 0.2) is 0 Å². The van der Waals surface area contributed by atoms with Gasteiger partial charge in [-0.15, -0.1) is 0 Å². The number of hydrogen-bond donors (Lipinski definition) is 1. The minimum Gasteiger partial charge on any atom is -0.354 e. The van der Waals surface area contributed by atoms with Crippen molar-refractivity contribution in [2.45, 2.75) is 45.3 Å². The molecule has 1 N–H and O–H groups in total. The third-order valence-electron chi connectivity index (χ3n) is 3.18. The molecule has 0 aromatic carbocycles. The molecule has 0 rings (SSSR count). The molecular formula is C11H23NO3S. The first-order valence-corrected chi connectivity index (χ1v) is 7.53. The van der Waals surface area contributed by atoms with Crippen LogP contribution in [0.2, 0.25) is 0 Å². The second kappa shape index (κ2) is 5.66. The Balaban J connectivity index is 4.49. The number of sulfone groups is 1. The Hall–Kier alpha value is -0.580. The zero-order valence-electron chi connectivity index (χ0n) is 10.8. The molecule has 4 nitrogen and oxygen atoms in total. The maximum absolute atomic E-state index is 11.8. The molecule has 0 saturated carbocycles. The fourth-order valence-electron chi connectivity index (χ4n) is 1.20. The van der Waals surface area contributed by atoms with Crippen molar-refractivity contribution in [3.05, 3.63) is 0 Å². The highest BCUT2D eigenvalue weighted by Gasteiger charge is 2.38. The molecular weight excluding hydrogens is 226 g/mol. The standard InChI is InChI=1S/C11H23NO3S/c1-6-9(7-2)8-12-10(13)11(3,4)16(5,14)15/h9H,6-8H2,1-5H3,(H,12,13). The molecule has 16 heavy (non-hydrogen) atoms. The zero-order chi connectivity index (χ0) is 13.0. The predicted octanol–water partition coefficient (Wildman–Crippen LogP) is 1.36. The molecule has 96 valence electrons. The Bertz CT molecular complexity index is 329. The summed E-state index contributed by atoms with van der Waals surface area (Å²) in [4.78, 5) is 11.8. The lowest BCUT2D eigenvalue weighted by Gasteiger charge is -2.23. The van der Waals surface area contributed by atoms with Crippen LogP contribution in [-0.2, 0) is 14.6 Å². The lowest BCUT2D eigenvalue weighted by atomic mass is 10.0. The van der Waals surface area contributed by atoms with Crippen molar-refractivity contribution in [3.8, 4) is 0 Å². The molecule has 0 fully saturated rings. The summed E-state index contributed by atoms with van der Waals surface area (Å²) in [6, 6.07) is 0. The largest absolute Gasteiger partial charge is 0.354 e. The number of rotatable bonds is 6. The van der Waals surface area contributed by atoms with Gasteiger partial charge in [0.05, 0.1) is 0 Å². The average molecular weight is 249 g/mol. The first kappa shape index (κ1) is 15.4. The van der Waals surface area contributed by atoms with Crippen molar-refractivity contribution in [1.82, 2.24) is 5.32 Å². The summed E-state index contributed by atoms with van der Waals surface area (Å²) in [5.74, 6) is 0.00112. The third-order valence-corrected chi connectivity index (χ3v) is 5.22. The van der Waals surface area contributed by atoms with E-state index in [9.17, 15) is 13.2 Å². The smallest absolute Gasteiger partial charge is 0.240 e. The Morgan fingerprint density at radius 2 is 1.69 bits per heavy atom. The number of amides is 1. The van der Waals surface area contributed by atoms with Gasteiger partial charge in [0.1, 0.15) is 4.75 Å². The van der Waals surface area contributed by atoms with Crippen LogP contribution in [0.1, 0.15) is 40.5 Å². The highest BCUT2D eigenvalue weighted by atomic mass is 32.2. The number of nitrogens with one attached hydrogen (secondary N) is 1. The molecule has 0 aromatic heterocycles. The van der Waals surface area contributed by atoms with Crippen molar-refractivity contribution in [3.63, 3.8) is 0 Å². The van der Waals surface area contributed by atoms with E-state index in [0.717, 1.165) is 19.1 Å². The Kier molecular flexibility index (Phi) is 5.46. The van der Waals surface area contributed by atoms with E-state index >= 15 is 0 Å². The van der Waals surface area contributed by atoms with Crippen LogP contribution >= 0.6 is 0 Å². The zero-order valence-corrected chi connectivity index (χ0v) is 11.6. The van der Waals surface area contributed by atoms with Gasteiger partial charge >= 0.3 is 0 Å². The van der Waals surface area contributed by atoms with Crippen LogP contribution in [0.3, 0.4) is 0 Å². The van der Waals surface area contributed by atoms with Crippen molar-refractivity contribution >= 4 is 15.7 Å². The van der Waals surface area contributed by atoms with E-state index in [-0.39, 0.29) is 0 Å². The minimum absolute atomic E-state index is 0.415. The van der Waals surface area contributed by atoms with Gasteiger partial charge in [-0.05, 0) is 19.8 Å². The summed E-state index contributed by atoms with van der Waals surface area (Å²) in [6.07, 6.45) is 3.05. The normalized spacial score (nSPS) is 12.9. The number of carbonyl (C=O) groups is 1. The van der Waals surface area contributed by atoms with Gasteiger partial charge < -0.3 is 5.32 Å². The van der Waals surface area contributed by atoms with Crippen LogP contribution in [0, 0.1) is 5.92 Å². The lowest BCUT2D eigenvalue weighted by Crippen LogP contribution is -2.48. The van der Waals surface area contributed by atoms with E-state index in [1.165, 1.54) is 13.8 Å². The monoisotopic (exact) mass is 249 g/mol. The summed E-state index contributed by atoms with van der Waals surface area (Å²) >= 11 is 0. The van der Waals surface area contributed by atoms with Gasteiger partial charge in [-0.3, -0.25) is 4.79 Å². The fourth-order valence-corrected chi connectivity index (χ4v) is 1.60. The molecule has 0 aliphatic heterocycles. The van der Waals surface area contributed by atoms with E-state index in [4.69, 9.17) is 0 Å². The summed E-state index contributed by atoms with van der Waals surface area (Å²) in [5.41, 5.74) is 0. The molecule has 0 aliphatic carbocycles. The Labute approximate surface area is 98.7 Å². The van der Waals surface area contributed by atoms with Crippen LogP contribution < -0.4 is 5.32 Å². The first-order chi connectivity index (χ1) is 7.16. The lowest BCUT2D eigenvalue weighted by molar-refractivity contribution is -0.123. The maximum atomic E-state index is 11.8. The van der Waals surface area contributed by atoms with E-state index in [0.29, 0.717) is 12.5 Å². The summed E-state index contributed by atoms with van der Waals surface area (Å²) < 4.78 is 21.5. The van der Waals surface area contributed by atoms with Crippen LogP contribution in [0.25, 0.3) is 0 Å². The molecule has 0 radical (unpaired) electrons. The molecule has 0 saturated heterocycles. The average Bonchev–Trinajstić information content (AvgIpc) is 2.17. The fraction of sp³-hybridized carbons (Fsp3) is 0.909. The van der Waals surface area contributed by atoms with E-state index in [1.54, 1.807) is 0 Å². The molecule has 5 heteroatoms. The van der Waals surface area contributed by atoms with Gasteiger partial charge in [-0.2, -0.15) is 0 Å². The van der Waals surface area contributed by atoms with E-state index < -0.39 is 20.5 Å². The van der Waals surface area contributed by atoms with Crippen molar-refractivity contribution in [2.24, 2.45) is 5.92 Å². The van der Waals surface area contributed by atoms with Crippen LogP contribution in [-0.4, -0.2) is 31.9 Å². The maximum Gasteiger partial charge on any atom is 0.240 e. The van der Waals surface area contributed by atoms with Gasteiger partial charge in [0.25, 0.3) is 0 Å². The summed E-state index contributed by atoms with van der Waals surface area (Å²) in [6.45, 7) is 7.53. The second-order valence-electron chi connectivity index (χ2n) is 4.68. The highest BCUT2D eigenvalue weighted by Crippen LogP contribution is 2.15. The van der Waals surface area contributed by atoms with Gasteiger partial charge in [0.15, 0.2) is 9.84 Å². The number of carbonyl (C=O) groups excluding carboxylic acids is 1. The van der Waals surface area contributed by atoms with Crippen molar-refractivity contribution < 1.29 is 13.2 Å². The van der Waals surface area contributed by atoms with E-state index in [1.807, 2.05) is 0 Å².